The Balaban J connectivity index is 2.97. The Hall–Kier alpha value is -2.01. The third-order valence-corrected chi connectivity index (χ3v) is 3.70. The quantitative estimate of drug-likeness (QED) is 0.610. The maximum atomic E-state index is 12.5. The lowest BCUT2D eigenvalue weighted by atomic mass is 10.4. The highest BCUT2D eigenvalue weighted by Gasteiger charge is 2.36. The third-order valence-electron chi connectivity index (χ3n) is 1.99. The fourth-order valence-electron chi connectivity index (χ4n) is 1.22. The van der Waals surface area contributed by atoms with Gasteiger partial charge in [-0.3, -0.25) is 0 Å². The summed E-state index contributed by atoms with van der Waals surface area (Å²) >= 11 is 0. The van der Waals surface area contributed by atoms with Crippen LogP contribution in [0.1, 0.15) is 13.8 Å². The van der Waals surface area contributed by atoms with E-state index in [9.17, 15) is 14.2 Å². The van der Waals surface area contributed by atoms with Crippen LogP contribution in [0.25, 0.3) is 0 Å². The second kappa shape index (κ2) is 7.55. The number of hydrogen-bond acceptors (Lipinski definition) is 7. The van der Waals surface area contributed by atoms with Crippen LogP contribution in [0.2, 0.25) is 0 Å². The van der Waals surface area contributed by atoms with Gasteiger partial charge in [0, 0.05) is 0 Å². The Morgan fingerprint density at radius 1 is 0.950 bits per heavy atom. The molecule has 0 unspecified atom stereocenters. The van der Waals surface area contributed by atoms with Crippen molar-refractivity contribution in [3.05, 3.63) is 30.3 Å². The summed E-state index contributed by atoms with van der Waals surface area (Å²) < 4.78 is 30.9. The molecule has 20 heavy (non-hydrogen) atoms. The van der Waals surface area contributed by atoms with Crippen LogP contribution in [0, 0.1) is 0 Å². The van der Waals surface area contributed by atoms with Crippen LogP contribution >= 0.6 is 7.60 Å². The lowest BCUT2D eigenvalue weighted by Crippen LogP contribution is -2.18. The van der Waals surface area contributed by atoms with Gasteiger partial charge in [0.05, 0.1) is 18.5 Å². The normalized spacial score (nSPS) is 10.5. The van der Waals surface area contributed by atoms with Crippen LogP contribution in [0.5, 0.6) is 0 Å². The topological polar surface area (TPSA) is 88.1 Å². The molecule has 0 saturated heterocycles. The number of carbonyl (C=O) groups excluding carboxylic acids is 2. The average molecular weight is 302 g/mol. The first kappa shape index (κ1) is 16.0. The van der Waals surface area contributed by atoms with Crippen molar-refractivity contribution in [3.63, 3.8) is 0 Å². The molecule has 0 aromatic heterocycles. The molecule has 1 aromatic rings. The van der Waals surface area contributed by atoms with E-state index in [0.29, 0.717) is 0 Å². The summed E-state index contributed by atoms with van der Waals surface area (Å²) in [6.45, 7) is 3.18. The number of hydrogen-bond donors (Lipinski definition) is 0. The highest BCUT2D eigenvalue weighted by atomic mass is 31.2. The van der Waals surface area contributed by atoms with Gasteiger partial charge in [0.2, 0.25) is 0 Å². The Morgan fingerprint density at radius 3 is 1.80 bits per heavy atom. The van der Waals surface area contributed by atoms with Gasteiger partial charge < -0.3 is 18.5 Å². The molecule has 0 N–H and O–H groups in total. The van der Waals surface area contributed by atoms with Gasteiger partial charge in [-0.2, -0.15) is 0 Å². The minimum atomic E-state index is -4.19. The van der Waals surface area contributed by atoms with E-state index in [2.05, 4.69) is 18.5 Å². The van der Waals surface area contributed by atoms with Crippen LogP contribution in [0.4, 0.5) is 9.59 Å². The molecule has 0 aliphatic heterocycles. The zero-order valence-electron chi connectivity index (χ0n) is 11.1. The van der Waals surface area contributed by atoms with Gasteiger partial charge in [-0.05, 0) is 26.0 Å². The fourth-order valence-corrected chi connectivity index (χ4v) is 2.50. The standard InChI is InChI=1S/C12H15O7P/c1-3-16-11(13)18-20(15,19-12(14)17-4-2)10-8-6-5-7-9-10/h5-9H,3-4H2,1-2H3. The number of ether oxygens (including phenoxy) is 2. The third kappa shape index (κ3) is 4.59. The highest BCUT2D eigenvalue weighted by Crippen LogP contribution is 2.47. The number of rotatable bonds is 5. The summed E-state index contributed by atoms with van der Waals surface area (Å²) in [6.07, 6.45) is -2.38. The summed E-state index contributed by atoms with van der Waals surface area (Å²) in [5, 5.41) is 0.0427. The molecule has 7 nitrogen and oxygen atoms in total. The largest absolute Gasteiger partial charge is 0.515 e. The SMILES string of the molecule is CCOC(=O)OP(=O)(OC(=O)OCC)c1ccccc1. The Kier molecular flexibility index (Phi) is 6.06. The minimum Gasteiger partial charge on any atom is -0.434 e. The Labute approximate surface area is 116 Å². The minimum absolute atomic E-state index is 0.0348. The first-order valence-corrected chi connectivity index (χ1v) is 7.44. The van der Waals surface area contributed by atoms with Gasteiger partial charge in [-0.1, -0.05) is 18.2 Å². The second-order valence-electron chi connectivity index (χ2n) is 3.38. The van der Waals surface area contributed by atoms with Crippen molar-refractivity contribution in [1.29, 1.82) is 0 Å². The summed E-state index contributed by atoms with van der Waals surface area (Å²) in [6, 6.07) is 7.59. The molecule has 0 saturated carbocycles. The van der Waals surface area contributed by atoms with E-state index in [0.717, 1.165) is 0 Å². The zero-order valence-corrected chi connectivity index (χ0v) is 12.0. The molecule has 1 rings (SSSR count). The highest BCUT2D eigenvalue weighted by molar-refractivity contribution is 7.63. The summed E-state index contributed by atoms with van der Waals surface area (Å²) in [5.74, 6) is 0. The molecule has 0 radical (unpaired) electrons. The van der Waals surface area contributed by atoms with Crippen molar-refractivity contribution in [2.75, 3.05) is 13.2 Å². The maximum absolute atomic E-state index is 12.5. The van der Waals surface area contributed by atoms with Crippen molar-refractivity contribution < 1.29 is 32.7 Å². The smallest absolute Gasteiger partial charge is 0.434 e. The molecule has 0 heterocycles. The molecule has 0 spiro atoms. The van der Waals surface area contributed by atoms with Gasteiger partial charge in [0.1, 0.15) is 0 Å². The van der Waals surface area contributed by atoms with E-state index in [1.54, 1.807) is 32.0 Å². The fraction of sp³-hybridized carbons (Fsp3) is 0.333. The second-order valence-corrected chi connectivity index (χ2v) is 5.26. The van der Waals surface area contributed by atoms with Crippen LogP contribution in [0.3, 0.4) is 0 Å². The van der Waals surface area contributed by atoms with Gasteiger partial charge in [0.15, 0.2) is 0 Å². The van der Waals surface area contributed by atoms with Crippen LogP contribution < -0.4 is 5.30 Å². The van der Waals surface area contributed by atoms with Crippen molar-refractivity contribution in [1.82, 2.24) is 0 Å². The van der Waals surface area contributed by atoms with Gasteiger partial charge in [-0.15, -0.1) is 0 Å². The predicted molar refractivity (Wildman–Crippen MR) is 69.9 cm³/mol. The van der Waals surface area contributed by atoms with E-state index in [4.69, 9.17) is 0 Å². The molecule has 8 heteroatoms. The van der Waals surface area contributed by atoms with Gasteiger partial charge in [-0.25, -0.2) is 14.2 Å². The van der Waals surface area contributed by atoms with Crippen molar-refractivity contribution in [2.45, 2.75) is 13.8 Å². The average Bonchev–Trinajstić information content (AvgIpc) is 2.40. The van der Waals surface area contributed by atoms with Gasteiger partial charge >= 0.3 is 19.9 Å². The van der Waals surface area contributed by atoms with E-state index in [1.807, 2.05) is 0 Å². The zero-order chi connectivity index (χ0) is 15.0. The maximum Gasteiger partial charge on any atom is 0.515 e. The summed E-state index contributed by atoms with van der Waals surface area (Å²) in [5.41, 5.74) is 0. The number of benzene rings is 1. The monoisotopic (exact) mass is 302 g/mol. The number of carbonyl (C=O) groups is 2. The molecule has 0 aliphatic carbocycles. The van der Waals surface area contributed by atoms with E-state index in [1.165, 1.54) is 12.1 Å². The molecule has 0 aliphatic rings. The lowest BCUT2D eigenvalue weighted by molar-refractivity contribution is 0.0836. The Bertz CT molecular complexity index is 476. The molecule has 1 aromatic carbocycles. The molecular weight excluding hydrogens is 287 g/mol. The Morgan fingerprint density at radius 2 is 1.40 bits per heavy atom. The molecule has 0 amide bonds. The summed E-state index contributed by atoms with van der Waals surface area (Å²) in [4.78, 5) is 22.6. The molecule has 0 atom stereocenters. The molecule has 110 valence electrons. The van der Waals surface area contributed by atoms with Gasteiger partial charge in [0.25, 0.3) is 0 Å². The molecule has 0 fully saturated rings. The van der Waals surface area contributed by atoms with Crippen LogP contribution in [-0.4, -0.2) is 25.5 Å². The van der Waals surface area contributed by atoms with Crippen LogP contribution in [0.15, 0.2) is 30.3 Å². The summed E-state index contributed by atoms with van der Waals surface area (Å²) in [7, 11) is -4.19. The van der Waals surface area contributed by atoms with Crippen molar-refractivity contribution in [3.8, 4) is 0 Å². The predicted octanol–water partition coefficient (Wildman–Crippen LogP) is 2.85. The van der Waals surface area contributed by atoms with Crippen molar-refractivity contribution >= 4 is 25.2 Å². The van der Waals surface area contributed by atoms with Crippen LogP contribution in [-0.2, 0) is 23.1 Å². The first-order valence-electron chi connectivity index (χ1n) is 5.90. The van der Waals surface area contributed by atoms with E-state index >= 15 is 0 Å². The molecule has 0 bridgehead atoms. The lowest BCUT2D eigenvalue weighted by Gasteiger charge is -2.16. The molecular formula is C12H15O7P. The van der Waals surface area contributed by atoms with E-state index < -0.39 is 19.9 Å². The first-order chi connectivity index (χ1) is 9.51. The van der Waals surface area contributed by atoms with Crippen molar-refractivity contribution in [2.24, 2.45) is 0 Å². The van der Waals surface area contributed by atoms with E-state index in [-0.39, 0.29) is 18.5 Å².